The number of likely N-dealkylation sites (N-methyl/N-ethyl adjacent to an activating group) is 3. The maximum atomic E-state index is 14.5. The summed E-state index contributed by atoms with van der Waals surface area (Å²) < 4.78 is 63.2. The first-order valence-corrected chi connectivity index (χ1v) is 35.3. The molecule has 3 saturated heterocycles. The van der Waals surface area contributed by atoms with Gasteiger partial charge < -0.3 is 57.5 Å². The smallest absolute Gasteiger partial charge is 0.342 e. The lowest BCUT2D eigenvalue weighted by Gasteiger charge is -2.39. The Morgan fingerprint density at radius 3 is 1.13 bits per heavy atom. The van der Waals surface area contributed by atoms with E-state index in [0.717, 1.165) is 76.4 Å². The number of aromatic nitrogens is 2. The van der Waals surface area contributed by atoms with Crippen LogP contribution in [0.1, 0.15) is 114 Å². The van der Waals surface area contributed by atoms with Crippen molar-refractivity contribution in [2.75, 3.05) is 120 Å². The van der Waals surface area contributed by atoms with Gasteiger partial charge in [-0.25, -0.2) is 28.7 Å². The minimum Gasteiger partial charge on any atom is -0.507 e. The van der Waals surface area contributed by atoms with E-state index in [1.54, 1.807) is 52.9 Å². The number of carbonyl (C=O) groups is 3. The number of phenolic OH excluding ortho intramolecular Hbond substituents is 3. The fraction of sp³-hybridized carbons (Fsp3) is 0.321. The van der Waals surface area contributed by atoms with Crippen molar-refractivity contribution in [3.8, 4) is 17.2 Å². The van der Waals surface area contributed by atoms with Gasteiger partial charge in [0, 0.05) is 156 Å². The third-order valence-electron chi connectivity index (χ3n) is 20.3. The first kappa shape index (κ1) is 72.3. The van der Waals surface area contributed by atoms with Crippen LogP contribution >= 0.6 is 11.6 Å². The van der Waals surface area contributed by atoms with Crippen molar-refractivity contribution in [3.63, 3.8) is 0 Å². The largest absolute Gasteiger partial charge is 0.507 e. The fourth-order valence-corrected chi connectivity index (χ4v) is 15.4. The highest BCUT2D eigenvalue weighted by Crippen LogP contribution is 2.52. The molecule has 8 heterocycles. The highest BCUT2D eigenvalue weighted by molar-refractivity contribution is 6.29. The van der Waals surface area contributed by atoms with Crippen molar-refractivity contribution in [1.29, 1.82) is 0 Å². The molecule has 20 nitrogen and oxygen atoms in total. The second kappa shape index (κ2) is 30.7. The van der Waals surface area contributed by atoms with E-state index in [4.69, 9.17) is 39.1 Å². The number of pyridine rings is 2. The van der Waals surface area contributed by atoms with Crippen LogP contribution in [0.3, 0.4) is 0 Å². The normalized spacial score (nSPS) is 16.2. The number of phenols is 3. The van der Waals surface area contributed by atoms with Gasteiger partial charge in [0.1, 0.15) is 78.9 Å². The van der Waals surface area contributed by atoms with E-state index in [-0.39, 0.29) is 47.9 Å². The number of aryl methyl sites for hydroxylation is 3. The number of esters is 3. The molecule has 3 aliphatic heterocycles. The number of furan rings is 3. The molecule has 3 fully saturated rings. The van der Waals surface area contributed by atoms with Crippen LogP contribution in [0, 0.1) is 32.5 Å². The van der Waals surface area contributed by atoms with Crippen molar-refractivity contribution in [3.05, 3.63) is 218 Å². The number of aromatic hydroxyl groups is 3. The van der Waals surface area contributed by atoms with Gasteiger partial charge in [0.15, 0.2) is 0 Å². The monoisotopic (exact) mass is 1430 g/mol. The number of halogens is 3. The second-order valence-electron chi connectivity index (χ2n) is 26.7. The van der Waals surface area contributed by atoms with Crippen LogP contribution < -0.4 is 0 Å². The molecule has 5 aromatic heterocycles. The predicted octanol–water partition coefficient (Wildman–Crippen LogP) is 14.7. The molecule has 0 aliphatic carbocycles. The van der Waals surface area contributed by atoms with E-state index < -0.39 is 35.9 Å². The molecule has 3 unspecified atom stereocenters. The average molecular weight is 1430 g/mol. The zero-order valence-corrected chi connectivity index (χ0v) is 60.3. The molecule has 3 atom stereocenters. The molecule has 15 rings (SSSR count). The van der Waals surface area contributed by atoms with Gasteiger partial charge in [-0.15, -0.1) is 0 Å². The van der Waals surface area contributed by atoms with Gasteiger partial charge in [-0.05, 0) is 109 Å². The van der Waals surface area contributed by atoms with Crippen LogP contribution in [0.15, 0.2) is 147 Å². The molecule has 23 heteroatoms. The Hall–Kier alpha value is -10.0. The quantitative estimate of drug-likeness (QED) is 0.0523. The van der Waals surface area contributed by atoms with Crippen LogP contribution in [0.4, 0.5) is 8.78 Å². The number of ether oxygens (including phenoxy) is 3. The van der Waals surface area contributed by atoms with Crippen LogP contribution in [-0.4, -0.2) is 193 Å². The number of methoxy groups -OCH3 is 1. The van der Waals surface area contributed by atoms with Gasteiger partial charge in [0.2, 0.25) is 5.95 Å². The lowest BCUT2D eigenvalue weighted by Crippen LogP contribution is -2.46. The molecule has 12 aromatic rings. The minimum atomic E-state index is -0.607. The molecule has 7 aromatic carbocycles. The van der Waals surface area contributed by atoms with Gasteiger partial charge in [0.05, 0.1) is 38.4 Å². The average Bonchev–Trinajstić information content (AvgIpc) is 1.50. The highest BCUT2D eigenvalue weighted by atomic mass is 35.5. The molecule has 0 spiro atoms. The second-order valence-corrected chi connectivity index (χ2v) is 27.1. The minimum absolute atomic E-state index is 0.0372. The predicted molar refractivity (Wildman–Crippen MR) is 396 cm³/mol. The molecule has 540 valence electrons. The number of piperazine rings is 3. The maximum absolute atomic E-state index is 14.5. The summed E-state index contributed by atoms with van der Waals surface area (Å²) in [4.78, 5) is 60.5. The van der Waals surface area contributed by atoms with E-state index in [1.807, 2.05) is 91.0 Å². The summed E-state index contributed by atoms with van der Waals surface area (Å²) in [7, 11) is 7.54. The number of hydrogen-bond acceptors (Lipinski definition) is 20. The van der Waals surface area contributed by atoms with Crippen molar-refractivity contribution in [2.24, 2.45) is 0 Å². The van der Waals surface area contributed by atoms with Crippen molar-refractivity contribution >= 4 is 94.7 Å². The SMILES string of the molecule is CCOC(=O)c1c(C)oc2c1c(C(c1cccc(F)c1)N1CCN(C)CC1)c(O)c1ccccc12.CCOC(=O)c1c(C)oc2c1c(C(c1ccnc(Cl)c1)N1CCN(C)CC1)c(O)c1ccccc12.COC(=O)c1c(C)oc2c1c(C(c1ccnc(F)c1)N1CCN(C)CC1)c(O)c1ccccc12. The third-order valence-corrected chi connectivity index (χ3v) is 20.5. The van der Waals surface area contributed by atoms with Gasteiger partial charge in [-0.1, -0.05) is 96.5 Å². The summed E-state index contributed by atoms with van der Waals surface area (Å²) >= 11 is 6.33. The molecule has 104 heavy (non-hydrogen) atoms. The van der Waals surface area contributed by atoms with Crippen molar-refractivity contribution in [1.82, 2.24) is 39.4 Å². The van der Waals surface area contributed by atoms with E-state index in [0.29, 0.717) is 134 Å². The standard InChI is InChI=1S/C28H29FN2O4.C27H28ClN3O4.C26H26FN3O4/c1-4-34-28(33)22-17(2)35-27-21-11-6-5-10-20(21)26(32)24(23(22)27)25(18-8-7-9-19(29)16-18)31-14-12-30(3)13-15-31;1-4-34-27(33)21-16(2)35-26-19-8-6-5-7-18(19)25(32)23(22(21)26)24(17-9-10-29-20(28)15-17)31-13-11-30(3)12-14-31;1-15-20(26(32)33-3)21-22(24(31)17-6-4-5-7-18(17)25(21)34-15)23(16-8-9-28-19(27)14-16)30-12-10-29(2)11-13-30/h5-11,16,25,32H,4,12-15H2,1-3H3;5-10,15,24,32H,4,11-14H2,1-3H3;4-9,14,23,31H,10-13H2,1-3H3. The fourth-order valence-electron chi connectivity index (χ4n) is 15.2. The Morgan fingerprint density at radius 1 is 0.462 bits per heavy atom. The van der Waals surface area contributed by atoms with Crippen LogP contribution in [0.5, 0.6) is 17.2 Å². The topological polar surface area (TPSA) is 224 Å². The molecule has 0 radical (unpaired) electrons. The Morgan fingerprint density at radius 2 is 0.798 bits per heavy atom. The number of rotatable bonds is 14. The summed E-state index contributed by atoms with van der Waals surface area (Å²) in [6.07, 6.45) is 3.09. The molecular formula is C81H83ClF2N8O12. The Bertz CT molecular complexity index is 5010. The molecule has 0 saturated carbocycles. The van der Waals surface area contributed by atoms with Gasteiger partial charge in [-0.3, -0.25) is 14.7 Å². The molecule has 0 amide bonds. The van der Waals surface area contributed by atoms with E-state index in [2.05, 4.69) is 60.5 Å². The highest BCUT2D eigenvalue weighted by Gasteiger charge is 2.39. The zero-order valence-electron chi connectivity index (χ0n) is 59.6. The Balaban J connectivity index is 0.000000139. The number of hydrogen-bond donors (Lipinski definition) is 3. The number of benzene rings is 7. The summed E-state index contributed by atoms with van der Waals surface area (Å²) in [5, 5.41) is 41.2. The summed E-state index contributed by atoms with van der Waals surface area (Å²) in [6, 6.07) is 34.2. The number of nitrogens with zero attached hydrogens (tertiary/aromatic N) is 8. The van der Waals surface area contributed by atoms with Crippen molar-refractivity contribution in [2.45, 2.75) is 52.7 Å². The van der Waals surface area contributed by atoms with Crippen LogP contribution in [0.2, 0.25) is 5.15 Å². The lowest BCUT2D eigenvalue weighted by atomic mass is 9.88. The lowest BCUT2D eigenvalue weighted by molar-refractivity contribution is 0.0516. The number of fused-ring (bicyclic) bond motifs is 9. The van der Waals surface area contributed by atoms with Gasteiger partial charge in [-0.2, -0.15) is 4.39 Å². The Labute approximate surface area is 605 Å². The summed E-state index contributed by atoms with van der Waals surface area (Å²) in [5.74, 6) is -0.981. The summed E-state index contributed by atoms with van der Waals surface area (Å²) in [5.41, 5.74) is 6.37. The molecular weight excluding hydrogens is 1350 g/mol. The number of carbonyl (C=O) groups excluding carboxylic acids is 3. The van der Waals surface area contributed by atoms with Crippen molar-refractivity contribution < 1.29 is 65.9 Å². The van der Waals surface area contributed by atoms with E-state index in [9.17, 15) is 38.5 Å². The van der Waals surface area contributed by atoms with Gasteiger partial charge >= 0.3 is 17.9 Å². The van der Waals surface area contributed by atoms with Gasteiger partial charge in [0.25, 0.3) is 0 Å². The van der Waals surface area contributed by atoms with E-state index >= 15 is 0 Å². The first-order valence-electron chi connectivity index (χ1n) is 34.9. The van der Waals surface area contributed by atoms with Crippen LogP contribution in [-0.2, 0) is 14.2 Å². The molecule has 0 bridgehead atoms. The maximum Gasteiger partial charge on any atom is 0.342 e. The summed E-state index contributed by atoms with van der Waals surface area (Å²) in [6.45, 7) is 18.6. The van der Waals surface area contributed by atoms with E-state index in [1.165, 1.54) is 31.5 Å². The molecule has 3 aliphatic rings. The van der Waals surface area contributed by atoms with Crippen LogP contribution in [0.25, 0.3) is 65.2 Å². The zero-order chi connectivity index (χ0) is 73.4. The Kier molecular flexibility index (Phi) is 21.4. The first-order chi connectivity index (χ1) is 50.2. The third kappa shape index (κ3) is 13.8. The molecule has 3 N–H and O–H groups in total.